The Morgan fingerprint density at radius 2 is 2.20 bits per heavy atom. The molecule has 0 aliphatic carbocycles. The summed E-state index contributed by atoms with van der Waals surface area (Å²) >= 11 is 0. The largest absolute Gasteiger partial charge is 0.404 e. The first-order valence-electron chi connectivity index (χ1n) is 2.92. The first kappa shape index (κ1) is 6.80. The van der Waals surface area contributed by atoms with E-state index in [0.717, 1.165) is 5.57 Å². The van der Waals surface area contributed by atoms with Crippen molar-refractivity contribution in [2.45, 2.75) is 13.8 Å². The third kappa shape index (κ3) is 1.58. The molecule has 0 atom stereocenters. The fourth-order valence-corrected chi connectivity index (χ4v) is 0.552. The molecule has 0 unspecified atom stereocenters. The van der Waals surface area contributed by atoms with E-state index in [1.54, 1.807) is 6.08 Å². The monoisotopic (exact) mass is 139 g/mol. The molecule has 0 aliphatic heterocycles. The van der Waals surface area contributed by atoms with Crippen LogP contribution in [0.3, 0.4) is 0 Å². The van der Waals surface area contributed by atoms with Crippen molar-refractivity contribution in [2.75, 3.05) is 5.73 Å². The number of anilines is 1. The highest BCUT2D eigenvalue weighted by molar-refractivity contribution is 5.41. The van der Waals surface area contributed by atoms with Gasteiger partial charge in [-0.3, -0.25) is 0 Å². The average Bonchev–Trinajstić information content (AvgIpc) is 2.13. The zero-order valence-corrected chi connectivity index (χ0v) is 5.96. The quantitative estimate of drug-likeness (QED) is 0.632. The van der Waals surface area contributed by atoms with Gasteiger partial charge in [0.2, 0.25) is 5.89 Å². The van der Waals surface area contributed by atoms with Crippen molar-refractivity contribution >= 4 is 12.1 Å². The van der Waals surface area contributed by atoms with Crippen LogP contribution < -0.4 is 5.73 Å². The summed E-state index contributed by atoms with van der Waals surface area (Å²) in [7, 11) is 0. The van der Waals surface area contributed by atoms with Crippen LogP contribution in [0.2, 0.25) is 0 Å². The van der Waals surface area contributed by atoms with E-state index in [-0.39, 0.29) is 6.01 Å². The molecule has 0 spiro atoms. The van der Waals surface area contributed by atoms with Crippen LogP contribution in [0.1, 0.15) is 19.7 Å². The second kappa shape index (κ2) is 2.51. The van der Waals surface area contributed by atoms with Gasteiger partial charge >= 0.3 is 6.01 Å². The zero-order chi connectivity index (χ0) is 7.56. The van der Waals surface area contributed by atoms with E-state index in [1.165, 1.54) is 0 Å². The first-order chi connectivity index (χ1) is 4.68. The molecule has 0 radical (unpaired) electrons. The van der Waals surface area contributed by atoms with Crippen molar-refractivity contribution in [3.05, 3.63) is 11.5 Å². The Morgan fingerprint density at radius 3 is 2.60 bits per heavy atom. The zero-order valence-electron chi connectivity index (χ0n) is 5.96. The molecular weight excluding hydrogens is 130 g/mol. The Kier molecular flexibility index (Phi) is 1.71. The fraction of sp³-hybridized carbons (Fsp3) is 0.333. The lowest BCUT2D eigenvalue weighted by atomic mass is 10.3. The molecule has 0 fully saturated rings. The lowest BCUT2D eigenvalue weighted by molar-refractivity contribution is 0.562. The highest BCUT2D eigenvalue weighted by Gasteiger charge is 1.96. The summed E-state index contributed by atoms with van der Waals surface area (Å²) < 4.78 is 4.87. The summed E-state index contributed by atoms with van der Waals surface area (Å²) in [6.45, 7) is 3.89. The Balaban J connectivity index is 2.86. The van der Waals surface area contributed by atoms with Gasteiger partial charge in [0, 0.05) is 6.08 Å². The number of nitrogen functional groups attached to an aromatic ring is 1. The lowest BCUT2D eigenvalue weighted by Crippen LogP contribution is -1.81. The molecule has 1 aromatic rings. The molecular formula is C6H9N3O. The average molecular weight is 139 g/mol. The number of allylic oxidation sites excluding steroid dienone is 1. The Bertz CT molecular complexity index is 247. The van der Waals surface area contributed by atoms with Crippen LogP contribution in [0.4, 0.5) is 6.01 Å². The van der Waals surface area contributed by atoms with Gasteiger partial charge in [-0.05, 0) is 13.8 Å². The second-order valence-corrected chi connectivity index (χ2v) is 2.20. The van der Waals surface area contributed by atoms with Gasteiger partial charge < -0.3 is 10.2 Å². The highest BCUT2D eigenvalue weighted by Crippen LogP contribution is 2.04. The summed E-state index contributed by atoms with van der Waals surface area (Å²) in [5, 5.41) is 7.12. The smallest absolute Gasteiger partial charge is 0.313 e. The van der Waals surface area contributed by atoms with Crippen LogP contribution in [0.5, 0.6) is 0 Å². The minimum atomic E-state index is 0.104. The molecule has 0 saturated heterocycles. The van der Waals surface area contributed by atoms with E-state index in [4.69, 9.17) is 10.2 Å². The molecule has 4 nitrogen and oxygen atoms in total. The number of aromatic nitrogens is 2. The predicted molar refractivity (Wildman–Crippen MR) is 38.0 cm³/mol. The van der Waals surface area contributed by atoms with Crippen LogP contribution in [0.25, 0.3) is 6.08 Å². The predicted octanol–water partition coefficient (Wildman–Crippen LogP) is 1.07. The van der Waals surface area contributed by atoms with E-state index in [0.29, 0.717) is 5.89 Å². The van der Waals surface area contributed by atoms with Crippen LogP contribution in [-0.4, -0.2) is 10.2 Å². The molecule has 0 aromatic carbocycles. The Labute approximate surface area is 58.7 Å². The topological polar surface area (TPSA) is 64.9 Å². The van der Waals surface area contributed by atoms with E-state index >= 15 is 0 Å². The molecule has 10 heavy (non-hydrogen) atoms. The minimum absolute atomic E-state index is 0.104. The number of nitrogens with two attached hydrogens (primary N) is 1. The number of hydrogen-bond acceptors (Lipinski definition) is 4. The summed E-state index contributed by atoms with van der Waals surface area (Å²) in [6.07, 6.45) is 1.77. The highest BCUT2D eigenvalue weighted by atomic mass is 16.4. The van der Waals surface area contributed by atoms with Crippen molar-refractivity contribution in [1.29, 1.82) is 0 Å². The van der Waals surface area contributed by atoms with Crippen molar-refractivity contribution in [3.63, 3.8) is 0 Å². The summed E-state index contributed by atoms with van der Waals surface area (Å²) in [5.74, 6) is 0.456. The molecule has 1 heterocycles. The molecule has 1 aromatic heterocycles. The Hall–Kier alpha value is -1.32. The SMILES string of the molecule is CC(C)=Cc1nnc(N)o1. The summed E-state index contributed by atoms with van der Waals surface area (Å²) in [5.41, 5.74) is 6.29. The molecule has 1 rings (SSSR count). The van der Waals surface area contributed by atoms with Gasteiger partial charge in [-0.25, -0.2) is 0 Å². The van der Waals surface area contributed by atoms with Crippen LogP contribution in [-0.2, 0) is 0 Å². The van der Waals surface area contributed by atoms with Crippen LogP contribution in [0, 0.1) is 0 Å². The molecule has 0 saturated carbocycles. The third-order valence-electron chi connectivity index (χ3n) is 0.868. The van der Waals surface area contributed by atoms with E-state index in [9.17, 15) is 0 Å². The molecule has 4 heteroatoms. The summed E-state index contributed by atoms with van der Waals surface area (Å²) in [4.78, 5) is 0. The number of hydrogen-bond donors (Lipinski definition) is 1. The lowest BCUT2D eigenvalue weighted by Gasteiger charge is -1.82. The molecule has 0 amide bonds. The second-order valence-electron chi connectivity index (χ2n) is 2.20. The van der Waals surface area contributed by atoms with Gasteiger partial charge in [-0.1, -0.05) is 10.7 Å². The Morgan fingerprint density at radius 1 is 1.50 bits per heavy atom. The van der Waals surface area contributed by atoms with Gasteiger partial charge in [0.25, 0.3) is 0 Å². The van der Waals surface area contributed by atoms with E-state index in [2.05, 4.69) is 10.2 Å². The van der Waals surface area contributed by atoms with Crippen molar-refractivity contribution < 1.29 is 4.42 Å². The fourth-order valence-electron chi connectivity index (χ4n) is 0.552. The van der Waals surface area contributed by atoms with E-state index < -0.39 is 0 Å². The van der Waals surface area contributed by atoms with Gasteiger partial charge in [-0.15, -0.1) is 5.10 Å². The van der Waals surface area contributed by atoms with Gasteiger partial charge in [0.05, 0.1) is 0 Å². The summed E-state index contributed by atoms with van der Waals surface area (Å²) in [6, 6.07) is 0.104. The van der Waals surface area contributed by atoms with Gasteiger partial charge in [0.15, 0.2) is 0 Å². The third-order valence-corrected chi connectivity index (χ3v) is 0.868. The molecule has 0 bridgehead atoms. The maximum absolute atomic E-state index is 5.18. The van der Waals surface area contributed by atoms with E-state index in [1.807, 2.05) is 13.8 Å². The van der Waals surface area contributed by atoms with Crippen molar-refractivity contribution in [3.8, 4) is 0 Å². The van der Waals surface area contributed by atoms with Crippen molar-refractivity contribution in [1.82, 2.24) is 10.2 Å². The van der Waals surface area contributed by atoms with Crippen LogP contribution >= 0.6 is 0 Å². The first-order valence-corrected chi connectivity index (χ1v) is 2.92. The normalized spacial score (nSPS) is 9.40. The molecule has 0 aliphatic rings. The van der Waals surface area contributed by atoms with Crippen LogP contribution in [0.15, 0.2) is 9.99 Å². The number of rotatable bonds is 1. The standard InChI is InChI=1S/C6H9N3O/c1-4(2)3-5-8-9-6(7)10-5/h3H,1-2H3,(H2,7,9). The van der Waals surface area contributed by atoms with Gasteiger partial charge in [-0.2, -0.15) is 0 Å². The maximum Gasteiger partial charge on any atom is 0.313 e. The molecule has 2 N–H and O–H groups in total. The van der Waals surface area contributed by atoms with Gasteiger partial charge in [0.1, 0.15) is 0 Å². The molecule has 54 valence electrons. The van der Waals surface area contributed by atoms with Crippen molar-refractivity contribution in [2.24, 2.45) is 0 Å². The minimum Gasteiger partial charge on any atom is -0.404 e. The number of nitrogens with zero attached hydrogens (tertiary/aromatic N) is 2. The maximum atomic E-state index is 5.18.